The molecule has 3 heterocycles. The van der Waals surface area contributed by atoms with Crippen LogP contribution < -0.4 is 4.90 Å². The molecule has 4 heteroatoms. The first-order chi connectivity index (χ1) is 21.8. The second kappa shape index (κ2) is 9.17. The van der Waals surface area contributed by atoms with Gasteiger partial charge in [-0.3, -0.25) is 0 Å². The Bertz CT molecular complexity index is 2630. The van der Waals surface area contributed by atoms with Gasteiger partial charge in [0.05, 0.1) is 5.69 Å². The van der Waals surface area contributed by atoms with Gasteiger partial charge in [-0.2, -0.15) is 0 Å². The number of anilines is 3. The summed E-state index contributed by atoms with van der Waals surface area (Å²) in [4.78, 5) is 2.39. The van der Waals surface area contributed by atoms with Crippen LogP contribution >= 0.6 is 22.7 Å². The van der Waals surface area contributed by atoms with Crippen LogP contribution in [0, 0.1) is 0 Å². The smallest absolute Gasteiger partial charge is 0.160 e. The molecule has 0 N–H and O–H groups in total. The molecule has 0 spiro atoms. The van der Waals surface area contributed by atoms with Gasteiger partial charge >= 0.3 is 0 Å². The summed E-state index contributed by atoms with van der Waals surface area (Å²) in [5.41, 5.74) is 5.07. The molecule has 7 aromatic carbocycles. The van der Waals surface area contributed by atoms with Crippen LogP contribution in [0.2, 0.25) is 0 Å². The van der Waals surface area contributed by atoms with Crippen molar-refractivity contribution in [3.05, 3.63) is 140 Å². The Kier molecular flexibility index (Phi) is 5.06. The second-order valence-corrected chi connectivity index (χ2v) is 13.5. The van der Waals surface area contributed by atoms with Gasteiger partial charge < -0.3 is 9.32 Å². The molecule has 0 atom stereocenters. The van der Waals surface area contributed by atoms with Crippen LogP contribution in [0.5, 0.6) is 0 Å². The fourth-order valence-electron chi connectivity index (χ4n) is 6.86. The van der Waals surface area contributed by atoms with E-state index in [1.807, 2.05) is 22.7 Å². The van der Waals surface area contributed by atoms with E-state index >= 15 is 0 Å². The molecule has 0 bridgehead atoms. The standard InChI is InChI=1S/C40H23NOS2/c1-2-10-27-24(9-1)21-33(40-39(27)32-13-3-6-14-34(32)42-40)41(25-17-19-30-28-11-4-7-15-35(28)43-37(30)22-25)26-18-20-31-29-12-5-8-16-36(29)44-38(31)23-26/h1-23H. The average molecular weight is 598 g/mol. The molecular weight excluding hydrogens is 575 g/mol. The molecule has 206 valence electrons. The van der Waals surface area contributed by atoms with Gasteiger partial charge in [-0.15, -0.1) is 22.7 Å². The van der Waals surface area contributed by atoms with E-state index in [9.17, 15) is 0 Å². The van der Waals surface area contributed by atoms with Crippen LogP contribution in [-0.4, -0.2) is 0 Å². The van der Waals surface area contributed by atoms with Crippen molar-refractivity contribution in [1.82, 2.24) is 0 Å². The van der Waals surface area contributed by atoms with Gasteiger partial charge in [0, 0.05) is 62.5 Å². The highest BCUT2D eigenvalue weighted by Gasteiger charge is 2.23. The third-order valence-electron chi connectivity index (χ3n) is 8.83. The van der Waals surface area contributed by atoms with E-state index < -0.39 is 0 Å². The van der Waals surface area contributed by atoms with Crippen molar-refractivity contribution >= 4 is 113 Å². The Morgan fingerprint density at radius 3 is 1.61 bits per heavy atom. The molecule has 0 amide bonds. The number of thiophene rings is 2. The number of rotatable bonds is 3. The topological polar surface area (TPSA) is 16.4 Å². The Morgan fingerprint density at radius 2 is 0.955 bits per heavy atom. The van der Waals surface area contributed by atoms with Crippen molar-refractivity contribution in [2.75, 3.05) is 4.90 Å². The Balaban J connectivity index is 1.31. The molecule has 0 aliphatic carbocycles. The van der Waals surface area contributed by atoms with Gasteiger partial charge in [-0.05, 0) is 59.3 Å². The number of hydrogen-bond donors (Lipinski definition) is 0. The molecule has 10 rings (SSSR count). The fourth-order valence-corrected chi connectivity index (χ4v) is 9.14. The number of hydrogen-bond acceptors (Lipinski definition) is 4. The average Bonchev–Trinajstić information content (AvgIpc) is 3.76. The van der Waals surface area contributed by atoms with Crippen LogP contribution in [-0.2, 0) is 0 Å². The predicted molar refractivity (Wildman–Crippen MR) is 192 cm³/mol. The Labute approximate surface area is 260 Å². The van der Waals surface area contributed by atoms with Gasteiger partial charge in [0.15, 0.2) is 5.58 Å². The summed E-state index contributed by atoms with van der Waals surface area (Å²) >= 11 is 3.70. The molecule has 0 aliphatic rings. The van der Waals surface area contributed by atoms with E-state index in [1.165, 1.54) is 51.1 Å². The van der Waals surface area contributed by atoms with Gasteiger partial charge in [-0.1, -0.05) is 91.0 Å². The summed E-state index contributed by atoms with van der Waals surface area (Å²) in [6, 6.07) is 50.5. The van der Waals surface area contributed by atoms with Gasteiger partial charge in [0.1, 0.15) is 5.58 Å². The van der Waals surface area contributed by atoms with Crippen molar-refractivity contribution in [3.63, 3.8) is 0 Å². The summed E-state index contributed by atoms with van der Waals surface area (Å²) < 4.78 is 11.9. The van der Waals surface area contributed by atoms with E-state index in [0.717, 1.165) is 39.0 Å². The first kappa shape index (κ1) is 24.3. The fraction of sp³-hybridized carbons (Fsp3) is 0. The van der Waals surface area contributed by atoms with E-state index in [1.54, 1.807) is 0 Å². The zero-order valence-electron chi connectivity index (χ0n) is 23.5. The second-order valence-electron chi connectivity index (χ2n) is 11.3. The van der Waals surface area contributed by atoms with Crippen LogP contribution in [0.25, 0.3) is 73.1 Å². The first-order valence-corrected chi connectivity index (χ1v) is 16.4. The van der Waals surface area contributed by atoms with E-state index in [-0.39, 0.29) is 0 Å². The van der Waals surface area contributed by atoms with Gasteiger partial charge in [-0.25, -0.2) is 0 Å². The molecule has 0 saturated heterocycles. The Hall–Kier alpha value is -5.16. The summed E-state index contributed by atoms with van der Waals surface area (Å²) in [5.74, 6) is 0. The quantitative estimate of drug-likeness (QED) is 0.201. The zero-order valence-corrected chi connectivity index (χ0v) is 25.1. The lowest BCUT2D eigenvalue weighted by atomic mass is 10.0. The summed E-state index contributed by atoms with van der Waals surface area (Å²) in [6.07, 6.45) is 0. The molecule has 0 unspecified atom stereocenters. The molecule has 44 heavy (non-hydrogen) atoms. The van der Waals surface area contributed by atoms with Crippen molar-refractivity contribution in [1.29, 1.82) is 0 Å². The molecule has 10 aromatic rings. The SMILES string of the molecule is c1ccc2c(c1)cc(N(c1ccc3c(c1)sc1ccccc13)c1ccc3c(c1)sc1ccccc13)c1oc3ccccc3c12. The van der Waals surface area contributed by atoms with Crippen molar-refractivity contribution in [2.24, 2.45) is 0 Å². The Morgan fingerprint density at radius 1 is 0.432 bits per heavy atom. The highest BCUT2D eigenvalue weighted by molar-refractivity contribution is 7.26. The van der Waals surface area contributed by atoms with Crippen LogP contribution in [0.1, 0.15) is 0 Å². The largest absolute Gasteiger partial charge is 0.454 e. The minimum absolute atomic E-state index is 0.901. The monoisotopic (exact) mass is 597 g/mol. The van der Waals surface area contributed by atoms with Crippen LogP contribution in [0.3, 0.4) is 0 Å². The lowest BCUT2D eigenvalue weighted by Crippen LogP contribution is -2.10. The molecule has 0 fully saturated rings. The van der Waals surface area contributed by atoms with Crippen molar-refractivity contribution in [3.8, 4) is 0 Å². The molecule has 0 radical (unpaired) electrons. The highest BCUT2D eigenvalue weighted by Crippen LogP contribution is 2.48. The maximum Gasteiger partial charge on any atom is 0.160 e. The lowest BCUT2D eigenvalue weighted by molar-refractivity contribution is 0.669. The number of para-hydroxylation sites is 1. The van der Waals surface area contributed by atoms with Crippen molar-refractivity contribution < 1.29 is 4.42 Å². The minimum atomic E-state index is 0.901. The third-order valence-corrected chi connectivity index (χ3v) is 11.1. The van der Waals surface area contributed by atoms with E-state index in [0.29, 0.717) is 0 Å². The minimum Gasteiger partial charge on any atom is -0.454 e. The van der Waals surface area contributed by atoms with E-state index in [2.05, 4.69) is 144 Å². The van der Waals surface area contributed by atoms with Crippen molar-refractivity contribution in [2.45, 2.75) is 0 Å². The number of furan rings is 1. The summed E-state index contributed by atoms with van der Waals surface area (Å²) in [6.45, 7) is 0. The van der Waals surface area contributed by atoms with E-state index in [4.69, 9.17) is 4.42 Å². The number of benzene rings is 7. The van der Waals surface area contributed by atoms with Crippen LogP contribution in [0.4, 0.5) is 17.1 Å². The maximum atomic E-state index is 6.75. The third kappa shape index (κ3) is 3.47. The predicted octanol–water partition coefficient (Wildman–Crippen LogP) is 12.9. The zero-order chi connectivity index (χ0) is 28.8. The summed E-state index contributed by atoms with van der Waals surface area (Å²) in [7, 11) is 0. The highest BCUT2D eigenvalue weighted by atomic mass is 32.1. The van der Waals surface area contributed by atoms with Gasteiger partial charge in [0.2, 0.25) is 0 Å². The lowest BCUT2D eigenvalue weighted by Gasteiger charge is -2.26. The molecule has 2 nitrogen and oxygen atoms in total. The molecular formula is C40H23NOS2. The molecule has 3 aromatic heterocycles. The molecule has 0 saturated carbocycles. The van der Waals surface area contributed by atoms with Gasteiger partial charge in [0.25, 0.3) is 0 Å². The summed E-state index contributed by atoms with van der Waals surface area (Å²) in [5, 5.41) is 9.90. The molecule has 0 aliphatic heterocycles. The first-order valence-electron chi connectivity index (χ1n) is 14.8. The normalized spacial score (nSPS) is 12.1. The maximum absolute atomic E-state index is 6.75. The number of fused-ring (bicyclic) bond motifs is 11. The number of nitrogens with zero attached hydrogens (tertiary/aromatic N) is 1. The van der Waals surface area contributed by atoms with Crippen LogP contribution in [0.15, 0.2) is 144 Å².